The third-order valence-electron chi connectivity index (χ3n) is 3.23. The number of carbonyl (C=O) groups is 1. The zero-order chi connectivity index (χ0) is 15.9. The molecule has 3 heteroatoms. The highest BCUT2D eigenvalue weighted by Crippen LogP contribution is 2.24. The van der Waals surface area contributed by atoms with Crippen molar-refractivity contribution in [2.24, 2.45) is 0 Å². The van der Waals surface area contributed by atoms with E-state index in [1.165, 1.54) is 0 Å². The molecule has 0 saturated carbocycles. The molecule has 2 aromatic carbocycles. The van der Waals surface area contributed by atoms with Crippen LogP contribution in [-0.2, 0) is 0 Å². The van der Waals surface area contributed by atoms with E-state index in [2.05, 4.69) is 22.6 Å². The van der Waals surface area contributed by atoms with Gasteiger partial charge in [-0.2, -0.15) is 0 Å². The largest absolute Gasteiger partial charge is 0.497 e. The second-order valence-corrected chi connectivity index (χ2v) is 6.36. The lowest BCUT2D eigenvalue weighted by atomic mass is 10.0. The predicted molar refractivity (Wildman–Crippen MR) is 99.5 cm³/mol. The summed E-state index contributed by atoms with van der Waals surface area (Å²) in [5, 5.41) is 0. The Bertz CT molecular complexity index is 694. The molecule has 0 atom stereocenters. The van der Waals surface area contributed by atoms with Crippen molar-refractivity contribution in [2.45, 2.75) is 6.92 Å². The van der Waals surface area contributed by atoms with E-state index in [-0.39, 0.29) is 5.78 Å². The predicted octanol–water partition coefficient (Wildman–Crippen LogP) is 5.30. The van der Waals surface area contributed by atoms with Gasteiger partial charge in [-0.25, -0.2) is 0 Å². The third kappa shape index (κ3) is 4.31. The Kier molecular flexibility index (Phi) is 5.95. The van der Waals surface area contributed by atoms with Crippen LogP contribution in [-0.4, -0.2) is 12.9 Å². The summed E-state index contributed by atoms with van der Waals surface area (Å²) in [4.78, 5) is 12.3. The van der Waals surface area contributed by atoms with E-state index in [1.54, 1.807) is 37.5 Å². The lowest BCUT2D eigenvalue weighted by Gasteiger charge is -2.04. The second-order valence-electron chi connectivity index (χ2n) is 4.74. The Morgan fingerprint density at radius 3 is 2.14 bits per heavy atom. The zero-order valence-corrected chi connectivity index (χ0v) is 14.7. The summed E-state index contributed by atoms with van der Waals surface area (Å²) in [6, 6.07) is 17.2. The highest BCUT2D eigenvalue weighted by molar-refractivity contribution is 14.1. The lowest BCUT2D eigenvalue weighted by Crippen LogP contribution is -1.94. The molecule has 0 amide bonds. The Morgan fingerprint density at radius 2 is 1.59 bits per heavy atom. The number of ether oxygens (including phenoxy) is 1. The van der Waals surface area contributed by atoms with E-state index in [1.807, 2.05) is 43.3 Å². The van der Waals surface area contributed by atoms with Crippen molar-refractivity contribution in [3.05, 3.63) is 81.5 Å². The van der Waals surface area contributed by atoms with Crippen molar-refractivity contribution in [1.29, 1.82) is 0 Å². The highest BCUT2D eigenvalue weighted by Gasteiger charge is 2.04. The summed E-state index contributed by atoms with van der Waals surface area (Å²) >= 11 is 2.28. The van der Waals surface area contributed by atoms with Gasteiger partial charge in [-0.05, 0) is 80.6 Å². The van der Waals surface area contributed by atoms with Gasteiger partial charge in [0.05, 0.1) is 7.11 Å². The summed E-state index contributed by atoms with van der Waals surface area (Å²) in [6.07, 6.45) is 3.50. The van der Waals surface area contributed by atoms with E-state index in [4.69, 9.17) is 4.74 Å². The summed E-state index contributed by atoms with van der Waals surface area (Å²) in [6.45, 7) is 2.03. The first kappa shape index (κ1) is 16.5. The number of halogens is 1. The number of ketones is 1. The van der Waals surface area contributed by atoms with Crippen LogP contribution in [0.2, 0.25) is 0 Å². The number of methoxy groups -OCH3 is 1. The molecule has 0 heterocycles. The van der Waals surface area contributed by atoms with E-state index < -0.39 is 0 Å². The van der Waals surface area contributed by atoms with Gasteiger partial charge >= 0.3 is 0 Å². The van der Waals surface area contributed by atoms with Crippen molar-refractivity contribution >= 4 is 33.9 Å². The van der Waals surface area contributed by atoms with Crippen molar-refractivity contribution in [3.63, 3.8) is 0 Å². The first-order chi connectivity index (χ1) is 10.6. The third-order valence-corrected chi connectivity index (χ3v) is 3.81. The minimum Gasteiger partial charge on any atom is -0.497 e. The number of allylic oxidation sites excluding steroid dienone is 4. The van der Waals surface area contributed by atoms with E-state index in [9.17, 15) is 4.79 Å². The van der Waals surface area contributed by atoms with E-state index >= 15 is 0 Å². The van der Waals surface area contributed by atoms with Gasteiger partial charge in [-0.15, -0.1) is 0 Å². The van der Waals surface area contributed by atoms with Crippen molar-refractivity contribution in [2.75, 3.05) is 7.11 Å². The van der Waals surface area contributed by atoms with Crippen LogP contribution >= 0.6 is 22.6 Å². The lowest BCUT2D eigenvalue weighted by molar-refractivity contribution is 0.104. The van der Waals surface area contributed by atoms with Crippen LogP contribution < -0.4 is 4.74 Å². The van der Waals surface area contributed by atoms with Gasteiger partial charge in [0.1, 0.15) is 5.75 Å². The quantitative estimate of drug-likeness (QED) is 0.293. The Morgan fingerprint density at radius 1 is 0.955 bits per heavy atom. The maximum atomic E-state index is 12.3. The highest BCUT2D eigenvalue weighted by atomic mass is 127. The van der Waals surface area contributed by atoms with Crippen LogP contribution in [0.4, 0.5) is 0 Å². The van der Waals surface area contributed by atoms with Crippen LogP contribution in [0.1, 0.15) is 22.8 Å². The standard InChI is InChI=1S/C19H17IO2/c1-14(20)18(15-6-4-3-5-7-15)12-13-19(21)16-8-10-17(22-2)11-9-16/h3-13H,1-2H3/b13-12+,18-14-. The van der Waals surface area contributed by atoms with Gasteiger partial charge < -0.3 is 4.74 Å². The van der Waals surface area contributed by atoms with E-state index in [0.717, 1.165) is 20.5 Å². The first-order valence-corrected chi connectivity index (χ1v) is 7.98. The van der Waals surface area contributed by atoms with Crippen molar-refractivity contribution < 1.29 is 9.53 Å². The normalized spacial score (nSPS) is 12.1. The van der Waals surface area contributed by atoms with E-state index in [0.29, 0.717) is 5.56 Å². The summed E-state index contributed by atoms with van der Waals surface area (Å²) in [7, 11) is 1.61. The fourth-order valence-electron chi connectivity index (χ4n) is 2.04. The molecule has 0 aliphatic carbocycles. The average molecular weight is 404 g/mol. The van der Waals surface area contributed by atoms with Crippen LogP contribution in [0.5, 0.6) is 5.75 Å². The van der Waals surface area contributed by atoms with Crippen molar-refractivity contribution in [3.8, 4) is 5.75 Å². The maximum absolute atomic E-state index is 12.3. The molecule has 0 saturated heterocycles. The maximum Gasteiger partial charge on any atom is 0.185 e. The first-order valence-electron chi connectivity index (χ1n) is 6.90. The number of hydrogen-bond donors (Lipinski definition) is 0. The Hall–Kier alpha value is -1.88. The minimum atomic E-state index is -0.0197. The molecule has 0 aliphatic heterocycles. The summed E-state index contributed by atoms with van der Waals surface area (Å²) < 4.78 is 6.24. The van der Waals surface area contributed by atoms with Crippen LogP contribution in [0.3, 0.4) is 0 Å². The molecule has 0 N–H and O–H groups in total. The minimum absolute atomic E-state index is 0.0197. The SMILES string of the molecule is COc1ccc(C(=O)/C=C/C(=C(\C)I)c2ccccc2)cc1. The number of benzene rings is 2. The van der Waals surface area contributed by atoms with Gasteiger partial charge in [0.15, 0.2) is 5.78 Å². The van der Waals surface area contributed by atoms with Gasteiger partial charge in [0.25, 0.3) is 0 Å². The monoisotopic (exact) mass is 404 g/mol. The number of carbonyl (C=O) groups excluding carboxylic acids is 1. The molecule has 0 fully saturated rings. The van der Waals surface area contributed by atoms with Crippen LogP contribution in [0.15, 0.2) is 70.3 Å². The molecule has 0 bridgehead atoms. The number of rotatable bonds is 5. The smallest absolute Gasteiger partial charge is 0.185 e. The number of hydrogen-bond acceptors (Lipinski definition) is 2. The molecule has 0 spiro atoms. The molecule has 0 aliphatic rings. The molecule has 2 nitrogen and oxygen atoms in total. The Labute approximate surface area is 144 Å². The molecule has 22 heavy (non-hydrogen) atoms. The van der Waals surface area contributed by atoms with Crippen molar-refractivity contribution in [1.82, 2.24) is 0 Å². The second kappa shape index (κ2) is 7.94. The molecule has 0 radical (unpaired) electrons. The fourth-order valence-corrected chi connectivity index (χ4v) is 2.53. The topological polar surface area (TPSA) is 26.3 Å². The summed E-state index contributed by atoms with van der Waals surface area (Å²) in [5.41, 5.74) is 2.81. The van der Waals surface area contributed by atoms with Crippen LogP contribution in [0, 0.1) is 0 Å². The van der Waals surface area contributed by atoms with Gasteiger partial charge in [0.2, 0.25) is 0 Å². The zero-order valence-electron chi connectivity index (χ0n) is 12.5. The molecule has 2 rings (SSSR count). The Balaban J connectivity index is 2.21. The molecule has 112 valence electrons. The molecular weight excluding hydrogens is 387 g/mol. The van der Waals surface area contributed by atoms with Gasteiger partial charge in [-0.3, -0.25) is 4.79 Å². The van der Waals surface area contributed by atoms with Crippen LogP contribution in [0.25, 0.3) is 5.57 Å². The molecular formula is C19H17IO2. The van der Waals surface area contributed by atoms with Gasteiger partial charge in [-0.1, -0.05) is 30.3 Å². The molecule has 0 aromatic heterocycles. The molecule has 2 aromatic rings. The summed E-state index contributed by atoms with van der Waals surface area (Å²) in [5.74, 6) is 0.724. The fraction of sp³-hybridized carbons (Fsp3) is 0.105. The average Bonchev–Trinajstić information content (AvgIpc) is 2.55. The van der Waals surface area contributed by atoms with Gasteiger partial charge in [0, 0.05) is 5.56 Å². The molecule has 0 unspecified atom stereocenters.